The lowest BCUT2D eigenvalue weighted by molar-refractivity contribution is -0.166. The van der Waals surface area contributed by atoms with Crippen LogP contribution >= 0.6 is 0 Å². The number of hydrogen-bond acceptors (Lipinski definition) is 6. The van der Waals surface area contributed by atoms with Gasteiger partial charge in [0.1, 0.15) is 13.2 Å². The summed E-state index contributed by atoms with van der Waals surface area (Å²) in [6.07, 6.45) is 55.0. The van der Waals surface area contributed by atoms with Gasteiger partial charge < -0.3 is 14.2 Å². The van der Waals surface area contributed by atoms with Crippen LogP contribution in [0.2, 0.25) is 0 Å². The Bertz CT molecular complexity index is 1050. The Balaban J connectivity index is 4.45. The van der Waals surface area contributed by atoms with Crippen LogP contribution in [0.5, 0.6) is 0 Å². The fourth-order valence-electron chi connectivity index (χ4n) is 6.49. The van der Waals surface area contributed by atoms with Gasteiger partial charge in [-0.05, 0) is 57.8 Å². The van der Waals surface area contributed by atoms with Crippen LogP contribution in [0.1, 0.15) is 226 Å². The highest BCUT2D eigenvalue weighted by Gasteiger charge is 2.19. The Labute approximate surface area is 351 Å². The number of unbranched alkanes of at least 4 members (excludes halogenated alkanes) is 23. The average molecular weight is 797 g/mol. The molecule has 0 rings (SSSR count). The molecule has 6 nitrogen and oxygen atoms in total. The molecule has 57 heavy (non-hydrogen) atoms. The molecule has 0 fully saturated rings. The molecule has 0 radical (unpaired) electrons. The van der Waals surface area contributed by atoms with Crippen molar-refractivity contribution >= 4 is 17.9 Å². The van der Waals surface area contributed by atoms with Crippen LogP contribution < -0.4 is 0 Å². The number of esters is 3. The second-order valence-electron chi connectivity index (χ2n) is 15.7. The largest absolute Gasteiger partial charge is 0.462 e. The van der Waals surface area contributed by atoms with Crippen molar-refractivity contribution in [1.82, 2.24) is 0 Å². The molecular weight excluding hydrogens is 709 g/mol. The van der Waals surface area contributed by atoms with E-state index in [1.807, 2.05) is 6.08 Å². The molecule has 0 aliphatic rings. The van der Waals surface area contributed by atoms with Gasteiger partial charge in [-0.25, -0.2) is 0 Å². The molecule has 0 amide bonds. The lowest BCUT2D eigenvalue weighted by Crippen LogP contribution is -2.30. The molecule has 0 spiro atoms. The lowest BCUT2D eigenvalue weighted by atomic mass is 10.1. The third kappa shape index (κ3) is 44.1. The topological polar surface area (TPSA) is 78.9 Å². The van der Waals surface area contributed by atoms with Crippen molar-refractivity contribution in [1.29, 1.82) is 0 Å². The molecule has 0 aromatic heterocycles. The van der Waals surface area contributed by atoms with E-state index in [1.54, 1.807) is 0 Å². The molecule has 1 atom stereocenters. The van der Waals surface area contributed by atoms with Gasteiger partial charge in [0.25, 0.3) is 0 Å². The molecule has 0 heterocycles. The zero-order valence-electron chi connectivity index (χ0n) is 37.3. The van der Waals surface area contributed by atoms with Crippen LogP contribution in [-0.2, 0) is 28.6 Å². The quantitative estimate of drug-likeness (QED) is 0.0201. The van der Waals surface area contributed by atoms with Crippen molar-refractivity contribution in [3.8, 4) is 0 Å². The van der Waals surface area contributed by atoms with E-state index in [2.05, 4.69) is 75.5 Å². The normalized spacial score (nSPS) is 12.5. The highest BCUT2D eigenvalue weighted by Crippen LogP contribution is 2.14. The van der Waals surface area contributed by atoms with Crippen molar-refractivity contribution in [2.75, 3.05) is 13.2 Å². The van der Waals surface area contributed by atoms with Gasteiger partial charge >= 0.3 is 17.9 Å². The van der Waals surface area contributed by atoms with E-state index in [0.29, 0.717) is 19.3 Å². The summed E-state index contributed by atoms with van der Waals surface area (Å²) < 4.78 is 16.7. The Morgan fingerprint density at radius 1 is 0.386 bits per heavy atom. The molecule has 0 saturated heterocycles. The molecule has 0 aromatic carbocycles. The Morgan fingerprint density at radius 3 is 1.26 bits per heavy atom. The minimum atomic E-state index is -0.805. The van der Waals surface area contributed by atoms with Crippen LogP contribution in [0.4, 0.5) is 0 Å². The number of rotatable bonds is 42. The second-order valence-corrected chi connectivity index (χ2v) is 15.7. The van der Waals surface area contributed by atoms with E-state index >= 15 is 0 Å². The summed E-state index contributed by atoms with van der Waals surface area (Å²) in [6.45, 7) is 6.42. The van der Waals surface area contributed by atoms with Gasteiger partial charge in [0.05, 0.1) is 0 Å². The first-order chi connectivity index (χ1) is 28.0. The summed E-state index contributed by atoms with van der Waals surface area (Å²) in [7, 11) is 0. The van der Waals surface area contributed by atoms with Gasteiger partial charge in [-0.15, -0.1) is 0 Å². The molecule has 6 heteroatoms. The van der Waals surface area contributed by atoms with E-state index in [1.165, 1.54) is 116 Å². The summed E-state index contributed by atoms with van der Waals surface area (Å²) in [5, 5.41) is 0. The highest BCUT2D eigenvalue weighted by molar-refractivity contribution is 5.71. The van der Waals surface area contributed by atoms with Gasteiger partial charge in [-0.1, -0.05) is 210 Å². The van der Waals surface area contributed by atoms with E-state index in [0.717, 1.165) is 64.2 Å². The minimum absolute atomic E-state index is 0.0993. The Morgan fingerprint density at radius 2 is 0.789 bits per heavy atom. The van der Waals surface area contributed by atoms with Gasteiger partial charge in [-0.2, -0.15) is 0 Å². The van der Waals surface area contributed by atoms with Crippen LogP contribution in [-0.4, -0.2) is 37.2 Å². The average Bonchev–Trinajstić information content (AvgIpc) is 3.21. The highest BCUT2D eigenvalue weighted by atomic mass is 16.6. The fraction of sp³-hybridized carbons (Fsp3) is 0.745. The van der Waals surface area contributed by atoms with Gasteiger partial charge in [-0.3, -0.25) is 14.4 Å². The number of carbonyl (C=O) groups excluding carboxylic acids is 3. The fourth-order valence-corrected chi connectivity index (χ4v) is 6.49. The monoisotopic (exact) mass is 797 g/mol. The summed E-state index contributed by atoms with van der Waals surface area (Å²) in [5.74, 6) is -0.981. The molecule has 328 valence electrons. The number of carbonyl (C=O) groups is 3. The standard InChI is InChI=1S/C51H88O6/c1-4-7-10-13-16-19-22-24-25-27-29-32-35-38-41-44-50(53)56-47-48(46-55-49(52)43-40-37-34-31-28-21-18-15-12-9-6-3)57-51(54)45-42-39-36-33-30-26-23-20-17-14-11-8-5-2/h7,10,13,16,19,22,26,30,36,39,48H,4-6,8-9,11-12,14-15,17-18,20-21,23-25,27-29,31-35,37-38,40-47H2,1-3H3/b10-7-,16-13-,22-19-,30-26-,39-36-. The van der Waals surface area contributed by atoms with Crippen molar-refractivity contribution in [2.45, 2.75) is 232 Å². The van der Waals surface area contributed by atoms with E-state index in [9.17, 15) is 14.4 Å². The summed E-state index contributed by atoms with van der Waals surface area (Å²) >= 11 is 0. The van der Waals surface area contributed by atoms with Crippen molar-refractivity contribution < 1.29 is 28.6 Å². The molecule has 1 unspecified atom stereocenters. The maximum Gasteiger partial charge on any atom is 0.306 e. The molecule has 0 saturated carbocycles. The first kappa shape index (κ1) is 54.1. The van der Waals surface area contributed by atoms with Crippen LogP contribution in [0.15, 0.2) is 60.8 Å². The van der Waals surface area contributed by atoms with Crippen molar-refractivity contribution in [3.63, 3.8) is 0 Å². The minimum Gasteiger partial charge on any atom is -0.462 e. The summed E-state index contributed by atoms with van der Waals surface area (Å²) in [4.78, 5) is 37.8. The van der Waals surface area contributed by atoms with Gasteiger partial charge in [0, 0.05) is 19.3 Å². The molecule has 0 aliphatic heterocycles. The van der Waals surface area contributed by atoms with Gasteiger partial charge in [0.2, 0.25) is 0 Å². The predicted molar refractivity (Wildman–Crippen MR) is 242 cm³/mol. The zero-order chi connectivity index (χ0) is 41.5. The maximum absolute atomic E-state index is 12.7. The van der Waals surface area contributed by atoms with Crippen LogP contribution in [0.3, 0.4) is 0 Å². The van der Waals surface area contributed by atoms with Crippen LogP contribution in [0.25, 0.3) is 0 Å². The molecule has 0 bridgehead atoms. The molecule has 0 aliphatic carbocycles. The van der Waals surface area contributed by atoms with E-state index in [-0.39, 0.29) is 37.5 Å². The predicted octanol–water partition coefficient (Wildman–Crippen LogP) is 15.3. The third-order valence-electron chi connectivity index (χ3n) is 10.1. The Kier molecular flexibility index (Phi) is 43.5. The lowest BCUT2D eigenvalue weighted by Gasteiger charge is -2.18. The van der Waals surface area contributed by atoms with E-state index in [4.69, 9.17) is 14.2 Å². The molecule has 0 aromatic rings. The van der Waals surface area contributed by atoms with Crippen molar-refractivity contribution in [2.24, 2.45) is 0 Å². The Hall–Kier alpha value is -2.89. The molecule has 0 N–H and O–H groups in total. The second kappa shape index (κ2) is 45.8. The summed E-state index contributed by atoms with van der Waals surface area (Å²) in [5.41, 5.74) is 0. The maximum atomic E-state index is 12.7. The first-order valence-electron chi connectivity index (χ1n) is 23.8. The summed E-state index contributed by atoms with van der Waals surface area (Å²) in [6, 6.07) is 0. The van der Waals surface area contributed by atoms with Crippen LogP contribution in [0, 0.1) is 0 Å². The zero-order valence-corrected chi connectivity index (χ0v) is 37.3. The molecular formula is C51H88O6. The number of hydrogen-bond donors (Lipinski definition) is 0. The first-order valence-corrected chi connectivity index (χ1v) is 23.8. The van der Waals surface area contributed by atoms with E-state index < -0.39 is 6.10 Å². The SMILES string of the molecule is CC\C=C/C=C\C=C/CCCCCCCCCC(=O)OCC(COC(=O)CCCCCCCCCCCCC)OC(=O)CC/C=C\C/C=C\CCCCCCCC. The number of allylic oxidation sites excluding steroid dienone is 10. The van der Waals surface area contributed by atoms with Gasteiger partial charge in [0.15, 0.2) is 6.10 Å². The third-order valence-corrected chi connectivity index (χ3v) is 10.1. The number of ether oxygens (including phenoxy) is 3. The van der Waals surface area contributed by atoms with Crippen molar-refractivity contribution in [3.05, 3.63) is 60.8 Å². The smallest absolute Gasteiger partial charge is 0.306 e.